The summed E-state index contributed by atoms with van der Waals surface area (Å²) >= 11 is 0. The molecule has 0 amide bonds. The summed E-state index contributed by atoms with van der Waals surface area (Å²) in [7, 11) is 3.40. The van der Waals surface area contributed by atoms with Crippen molar-refractivity contribution in [3.63, 3.8) is 0 Å². The van der Waals surface area contributed by atoms with E-state index in [2.05, 4.69) is 21.2 Å². The predicted molar refractivity (Wildman–Crippen MR) is 57.5 cm³/mol. The summed E-state index contributed by atoms with van der Waals surface area (Å²) in [5.74, 6) is -0.739. The van der Waals surface area contributed by atoms with Gasteiger partial charge in [0.2, 0.25) is 0 Å². The maximum absolute atomic E-state index is 10.6. The Morgan fingerprint density at radius 2 is 2.42 bits per heavy atom. The van der Waals surface area contributed by atoms with Gasteiger partial charge < -0.3 is 10.4 Å². The van der Waals surface area contributed by atoms with Crippen molar-refractivity contribution in [1.82, 2.24) is 5.32 Å². The van der Waals surface area contributed by atoms with Crippen molar-refractivity contribution in [2.24, 2.45) is 0 Å². The van der Waals surface area contributed by atoms with Gasteiger partial charge in [0, 0.05) is 6.29 Å². The molecular formula is C7H17NO2P2. The summed E-state index contributed by atoms with van der Waals surface area (Å²) in [4.78, 5) is 10.6. The van der Waals surface area contributed by atoms with Gasteiger partial charge in [-0.05, 0) is 25.7 Å². The highest BCUT2D eigenvalue weighted by atomic mass is 31.1. The zero-order chi connectivity index (χ0) is 9.40. The van der Waals surface area contributed by atoms with Gasteiger partial charge in [0.1, 0.15) is 6.04 Å². The third-order valence-corrected chi connectivity index (χ3v) is 2.67. The van der Waals surface area contributed by atoms with Gasteiger partial charge in [-0.2, -0.15) is 0 Å². The van der Waals surface area contributed by atoms with E-state index in [-0.39, 0.29) is 6.04 Å². The Labute approximate surface area is 77.7 Å². The predicted octanol–water partition coefficient (Wildman–Crippen LogP) is 0.950. The minimum absolute atomic E-state index is 0.362. The number of hydrogen-bond donors (Lipinski definition) is 2. The monoisotopic (exact) mass is 209 g/mol. The largest absolute Gasteiger partial charge is 0.480 e. The van der Waals surface area contributed by atoms with E-state index in [1.165, 1.54) is 0 Å². The third-order valence-electron chi connectivity index (χ3n) is 1.58. The van der Waals surface area contributed by atoms with Crippen LogP contribution in [-0.4, -0.2) is 36.2 Å². The lowest BCUT2D eigenvalue weighted by Gasteiger charge is -2.11. The topological polar surface area (TPSA) is 49.3 Å². The van der Waals surface area contributed by atoms with Crippen molar-refractivity contribution in [3.05, 3.63) is 0 Å². The summed E-state index contributed by atoms with van der Waals surface area (Å²) in [6.07, 6.45) is 3.53. The van der Waals surface area contributed by atoms with Gasteiger partial charge >= 0.3 is 5.97 Å². The molecule has 3 atom stereocenters. The summed E-state index contributed by atoms with van der Waals surface area (Å²) in [5, 5.41) is 11.6. The maximum Gasteiger partial charge on any atom is 0.320 e. The molecule has 0 aromatic heterocycles. The Morgan fingerprint density at radius 3 is 2.83 bits per heavy atom. The van der Waals surface area contributed by atoms with E-state index in [1.54, 1.807) is 0 Å². The van der Waals surface area contributed by atoms with Crippen molar-refractivity contribution in [2.75, 3.05) is 19.1 Å². The highest BCUT2D eigenvalue weighted by Gasteiger charge is 2.14. The smallest absolute Gasteiger partial charge is 0.320 e. The third kappa shape index (κ3) is 5.88. The molecule has 0 aliphatic heterocycles. The Bertz CT molecular complexity index is 133. The molecule has 72 valence electrons. The minimum atomic E-state index is -0.739. The summed E-state index contributed by atoms with van der Waals surface area (Å²) in [5.41, 5.74) is 0. The fraction of sp³-hybridized carbons (Fsp3) is 0.857. The van der Waals surface area contributed by atoms with Crippen LogP contribution < -0.4 is 5.32 Å². The van der Waals surface area contributed by atoms with E-state index in [0.29, 0.717) is 6.29 Å². The molecule has 0 saturated carbocycles. The maximum atomic E-state index is 10.6. The van der Waals surface area contributed by atoms with Crippen LogP contribution in [0.15, 0.2) is 0 Å². The van der Waals surface area contributed by atoms with Crippen LogP contribution in [0.25, 0.3) is 0 Å². The van der Waals surface area contributed by atoms with Crippen molar-refractivity contribution in [2.45, 2.75) is 18.9 Å². The summed E-state index contributed by atoms with van der Waals surface area (Å²) < 4.78 is 0. The summed E-state index contributed by atoms with van der Waals surface area (Å²) in [6.45, 7) is 2.14. The van der Waals surface area contributed by atoms with E-state index >= 15 is 0 Å². The SMILES string of the molecule is CPCCC[C@H](NCP)C(=O)O. The van der Waals surface area contributed by atoms with Gasteiger partial charge in [-0.3, -0.25) is 4.79 Å². The molecule has 0 radical (unpaired) electrons. The van der Waals surface area contributed by atoms with Crippen LogP contribution in [0.1, 0.15) is 12.8 Å². The van der Waals surface area contributed by atoms with E-state index in [1.807, 2.05) is 0 Å². The lowest BCUT2D eigenvalue weighted by molar-refractivity contribution is -0.139. The zero-order valence-corrected chi connectivity index (χ0v) is 9.49. The molecule has 2 N–H and O–H groups in total. The average Bonchev–Trinajstić information content (AvgIpc) is 2.03. The molecule has 0 aromatic rings. The quantitative estimate of drug-likeness (QED) is 0.484. The first-order chi connectivity index (χ1) is 5.72. The molecule has 0 aromatic carbocycles. The van der Waals surface area contributed by atoms with Crippen LogP contribution in [0, 0.1) is 0 Å². The highest BCUT2D eigenvalue weighted by molar-refractivity contribution is 7.36. The van der Waals surface area contributed by atoms with Crippen molar-refractivity contribution < 1.29 is 9.90 Å². The van der Waals surface area contributed by atoms with Crippen molar-refractivity contribution >= 4 is 23.8 Å². The first-order valence-corrected chi connectivity index (χ1v) is 6.55. The number of carbonyl (C=O) groups is 1. The van der Waals surface area contributed by atoms with E-state index in [4.69, 9.17) is 5.11 Å². The molecule has 0 rings (SSSR count). The average molecular weight is 209 g/mol. The second kappa shape index (κ2) is 7.91. The van der Waals surface area contributed by atoms with Crippen LogP contribution in [0.4, 0.5) is 0 Å². The molecule has 3 nitrogen and oxygen atoms in total. The first kappa shape index (κ1) is 12.3. The Balaban J connectivity index is 3.56. The fourth-order valence-corrected chi connectivity index (χ4v) is 1.78. The van der Waals surface area contributed by atoms with Crippen LogP contribution in [0.3, 0.4) is 0 Å². The van der Waals surface area contributed by atoms with E-state index in [0.717, 1.165) is 27.6 Å². The second-order valence-corrected chi connectivity index (χ2v) is 4.16. The fourth-order valence-electron chi connectivity index (χ4n) is 0.938. The van der Waals surface area contributed by atoms with E-state index < -0.39 is 5.97 Å². The van der Waals surface area contributed by atoms with Gasteiger partial charge in [-0.15, -0.1) is 17.8 Å². The number of aliphatic carboxylic acids is 1. The highest BCUT2D eigenvalue weighted by Crippen LogP contribution is 2.08. The lowest BCUT2D eigenvalue weighted by Crippen LogP contribution is -2.35. The summed E-state index contributed by atoms with van der Waals surface area (Å²) in [6, 6.07) is -0.362. The van der Waals surface area contributed by atoms with Gasteiger partial charge in [0.05, 0.1) is 0 Å². The van der Waals surface area contributed by atoms with Crippen LogP contribution in [0.2, 0.25) is 0 Å². The Hall–Kier alpha value is 0.290. The molecule has 0 bridgehead atoms. The zero-order valence-electron chi connectivity index (χ0n) is 7.34. The number of hydrogen-bond acceptors (Lipinski definition) is 2. The molecule has 0 aliphatic rings. The number of rotatable bonds is 7. The second-order valence-electron chi connectivity index (χ2n) is 2.54. The van der Waals surface area contributed by atoms with Crippen molar-refractivity contribution in [3.8, 4) is 0 Å². The molecule has 0 aliphatic carbocycles. The van der Waals surface area contributed by atoms with Gasteiger partial charge in [-0.25, -0.2) is 0 Å². The minimum Gasteiger partial charge on any atom is -0.480 e. The molecule has 0 spiro atoms. The Kier molecular flexibility index (Phi) is 8.11. The van der Waals surface area contributed by atoms with Gasteiger partial charge in [0.15, 0.2) is 0 Å². The van der Waals surface area contributed by atoms with E-state index in [9.17, 15) is 4.79 Å². The van der Waals surface area contributed by atoms with Crippen LogP contribution >= 0.6 is 17.8 Å². The number of carboxylic acids is 1. The molecule has 5 heteroatoms. The number of nitrogens with one attached hydrogen (secondary N) is 1. The van der Waals surface area contributed by atoms with Crippen molar-refractivity contribution in [1.29, 1.82) is 0 Å². The standard InChI is InChI=1S/C7H17NO2P2/c1-12-4-2-3-6(7(9)10)8-5-11/h6,8,12H,2-5,11H2,1H3,(H,9,10)/t6-/m0/s1. The Morgan fingerprint density at radius 1 is 1.75 bits per heavy atom. The van der Waals surface area contributed by atoms with Gasteiger partial charge in [-0.1, -0.05) is 0 Å². The molecule has 12 heavy (non-hydrogen) atoms. The van der Waals surface area contributed by atoms with Crippen LogP contribution in [-0.2, 0) is 4.79 Å². The molecule has 2 unspecified atom stereocenters. The number of carboxylic acid groups (broad SMARTS) is 1. The first-order valence-electron chi connectivity index (χ1n) is 4.03. The molecule has 0 saturated heterocycles. The van der Waals surface area contributed by atoms with Crippen LogP contribution in [0.5, 0.6) is 0 Å². The molecular weight excluding hydrogens is 192 g/mol. The normalized spacial score (nSPS) is 13.8. The molecule has 0 heterocycles. The lowest BCUT2D eigenvalue weighted by atomic mass is 10.2. The molecule has 0 fully saturated rings. The van der Waals surface area contributed by atoms with Gasteiger partial charge in [0.25, 0.3) is 0 Å².